The lowest BCUT2D eigenvalue weighted by Gasteiger charge is -2.12. The van der Waals surface area contributed by atoms with E-state index in [0.29, 0.717) is 22.1 Å². The maximum atomic E-state index is 12.5. The van der Waals surface area contributed by atoms with Crippen molar-refractivity contribution < 1.29 is 19.4 Å². The van der Waals surface area contributed by atoms with Crippen molar-refractivity contribution in [3.63, 3.8) is 0 Å². The second-order valence-corrected chi connectivity index (χ2v) is 6.73. The van der Waals surface area contributed by atoms with Crippen LogP contribution in [0.4, 0.5) is 0 Å². The fourth-order valence-electron chi connectivity index (χ4n) is 2.98. The van der Waals surface area contributed by atoms with Gasteiger partial charge in [-0.2, -0.15) is 0 Å². The van der Waals surface area contributed by atoms with Crippen LogP contribution in [-0.2, 0) is 0 Å². The third-order valence-electron chi connectivity index (χ3n) is 4.46. The number of hydrogen-bond donors (Lipinski definition) is 2. The summed E-state index contributed by atoms with van der Waals surface area (Å²) in [6.07, 6.45) is 2.70. The number of carbonyl (C=O) groups is 1. The molecule has 0 aliphatic carbocycles. The van der Waals surface area contributed by atoms with Crippen LogP contribution in [0.3, 0.4) is 0 Å². The average Bonchev–Trinajstić information content (AvgIpc) is 2.60. The molecule has 5 nitrogen and oxygen atoms in total. The highest BCUT2D eigenvalue weighted by atomic mass is 16.4. The maximum absolute atomic E-state index is 12.5. The average molecular weight is 364 g/mol. The Morgan fingerprint density at radius 2 is 1.74 bits per heavy atom. The van der Waals surface area contributed by atoms with Crippen molar-refractivity contribution in [2.45, 2.75) is 26.7 Å². The fraction of sp³-hybridized carbons (Fsp3) is 0.182. The molecule has 0 bridgehead atoms. The van der Waals surface area contributed by atoms with Crippen LogP contribution in [-0.4, -0.2) is 16.0 Å². The van der Waals surface area contributed by atoms with E-state index in [4.69, 9.17) is 4.42 Å². The van der Waals surface area contributed by atoms with Crippen molar-refractivity contribution in [2.75, 3.05) is 0 Å². The summed E-state index contributed by atoms with van der Waals surface area (Å²) in [4.78, 5) is 25.0. The zero-order valence-electron chi connectivity index (χ0n) is 15.3. The van der Waals surface area contributed by atoms with Gasteiger partial charge < -0.3 is 14.6 Å². The van der Waals surface area contributed by atoms with Gasteiger partial charge in [-0.15, -0.1) is 0 Å². The molecular weight excluding hydrogens is 344 g/mol. The van der Waals surface area contributed by atoms with E-state index in [9.17, 15) is 19.8 Å². The summed E-state index contributed by atoms with van der Waals surface area (Å²) in [6, 6.07) is 9.92. The quantitative estimate of drug-likeness (QED) is 0.403. The number of allylic oxidation sites excluding steroid dienone is 1. The van der Waals surface area contributed by atoms with Gasteiger partial charge in [-0.25, -0.2) is 4.79 Å². The number of benzene rings is 2. The third kappa shape index (κ3) is 3.49. The molecule has 1 aromatic heterocycles. The van der Waals surface area contributed by atoms with E-state index in [1.807, 2.05) is 26.0 Å². The molecule has 0 atom stereocenters. The molecule has 5 heteroatoms. The molecule has 0 spiro atoms. The van der Waals surface area contributed by atoms with Crippen molar-refractivity contribution in [2.24, 2.45) is 0 Å². The zero-order valence-corrected chi connectivity index (χ0v) is 15.3. The lowest BCUT2D eigenvalue weighted by Crippen LogP contribution is -2.13. The summed E-state index contributed by atoms with van der Waals surface area (Å²) in [5.41, 5.74) is 1.24. The molecule has 3 rings (SSSR count). The SMILES string of the molecule is Cc1ccc(C(C)C)c2oc(=O)c(C(=O)/C=C/c3ccc(O)cc3)c(O)c12. The van der Waals surface area contributed by atoms with E-state index in [-0.39, 0.29) is 23.0 Å². The van der Waals surface area contributed by atoms with E-state index < -0.39 is 11.4 Å². The first-order valence-corrected chi connectivity index (χ1v) is 8.60. The van der Waals surface area contributed by atoms with Gasteiger partial charge in [0, 0.05) is 0 Å². The molecule has 27 heavy (non-hydrogen) atoms. The predicted octanol–water partition coefficient (Wildman–Crippen LogP) is 4.53. The number of rotatable bonds is 4. The highest BCUT2D eigenvalue weighted by Gasteiger charge is 2.22. The van der Waals surface area contributed by atoms with Crippen molar-refractivity contribution in [3.8, 4) is 11.5 Å². The Balaban J connectivity index is 2.12. The lowest BCUT2D eigenvalue weighted by atomic mass is 9.96. The van der Waals surface area contributed by atoms with Gasteiger partial charge in [-0.05, 0) is 47.7 Å². The molecule has 1 heterocycles. The Hall–Kier alpha value is -3.34. The minimum absolute atomic E-state index is 0.0894. The molecule has 3 aromatic rings. The van der Waals surface area contributed by atoms with Crippen LogP contribution in [0.1, 0.15) is 46.8 Å². The van der Waals surface area contributed by atoms with E-state index in [1.54, 1.807) is 19.1 Å². The first-order valence-electron chi connectivity index (χ1n) is 8.60. The monoisotopic (exact) mass is 364 g/mol. The molecule has 0 fully saturated rings. The maximum Gasteiger partial charge on any atom is 0.351 e. The molecule has 2 aromatic carbocycles. The van der Waals surface area contributed by atoms with Gasteiger partial charge in [0.2, 0.25) is 0 Å². The van der Waals surface area contributed by atoms with Crippen LogP contribution < -0.4 is 5.63 Å². The molecular formula is C22H20O5. The number of aryl methyl sites for hydroxylation is 1. The number of hydrogen-bond acceptors (Lipinski definition) is 5. The normalized spacial score (nSPS) is 11.6. The van der Waals surface area contributed by atoms with E-state index in [1.165, 1.54) is 24.3 Å². The number of ketones is 1. The number of carbonyl (C=O) groups excluding carboxylic acids is 1. The Labute approximate surface area is 156 Å². The van der Waals surface area contributed by atoms with Gasteiger partial charge in [0.25, 0.3) is 0 Å². The van der Waals surface area contributed by atoms with Crippen molar-refractivity contribution in [3.05, 3.63) is 75.1 Å². The highest BCUT2D eigenvalue weighted by Crippen LogP contribution is 2.34. The van der Waals surface area contributed by atoms with Gasteiger partial charge in [0.05, 0.1) is 5.39 Å². The fourth-order valence-corrected chi connectivity index (χ4v) is 2.98. The Bertz CT molecular complexity index is 1100. The first-order chi connectivity index (χ1) is 12.8. The predicted molar refractivity (Wildman–Crippen MR) is 104 cm³/mol. The molecule has 0 amide bonds. The number of phenols is 1. The molecule has 0 aliphatic heterocycles. The molecule has 2 N–H and O–H groups in total. The largest absolute Gasteiger partial charge is 0.508 e. The number of aromatic hydroxyl groups is 2. The second kappa shape index (κ2) is 7.11. The zero-order chi connectivity index (χ0) is 19.7. The van der Waals surface area contributed by atoms with E-state index >= 15 is 0 Å². The molecule has 0 radical (unpaired) electrons. The van der Waals surface area contributed by atoms with Crippen molar-refractivity contribution >= 4 is 22.8 Å². The lowest BCUT2D eigenvalue weighted by molar-refractivity contribution is 0.104. The number of fused-ring (bicyclic) bond motifs is 1. The van der Waals surface area contributed by atoms with E-state index in [0.717, 1.165) is 5.56 Å². The van der Waals surface area contributed by atoms with Gasteiger partial charge in [0.15, 0.2) is 5.78 Å². The second-order valence-electron chi connectivity index (χ2n) is 6.73. The molecule has 0 saturated carbocycles. The topological polar surface area (TPSA) is 87.7 Å². The summed E-state index contributed by atoms with van der Waals surface area (Å²) in [5, 5.41) is 20.3. The van der Waals surface area contributed by atoms with Crippen LogP contribution >= 0.6 is 0 Å². The van der Waals surface area contributed by atoms with Gasteiger partial charge in [-0.1, -0.05) is 44.2 Å². The minimum atomic E-state index is -0.868. The molecule has 0 saturated heterocycles. The first kappa shape index (κ1) is 18.5. The van der Waals surface area contributed by atoms with Crippen molar-refractivity contribution in [1.29, 1.82) is 0 Å². The smallest absolute Gasteiger partial charge is 0.351 e. The summed E-state index contributed by atoms with van der Waals surface area (Å²) in [5.74, 6) is -0.804. The molecule has 0 aliphatic rings. The Morgan fingerprint density at radius 1 is 1.07 bits per heavy atom. The molecule has 138 valence electrons. The highest BCUT2D eigenvalue weighted by molar-refractivity contribution is 6.11. The van der Waals surface area contributed by atoms with Crippen LogP contribution in [0.2, 0.25) is 0 Å². The standard InChI is InChI=1S/C22H20O5/c1-12(2)16-10-4-13(3)18-20(25)19(22(26)27-21(16)18)17(24)11-7-14-5-8-15(23)9-6-14/h4-12,23,25H,1-3H3/b11-7+. The van der Waals surface area contributed by atoms with Crippen LogP contribution in [0.5, 0.6) is 11.5 Å². The van der Waals surface area contributed by atoms with E-state index in [2.05, 4.69) is 0 Å². The van der Waals surface area contributed by atoms with Crippen LogP contribution in [0.15, 0.2) is 51.7 Å². The third-order valence-corrected chi connectivity index (χ3v) is 4.46. The Morgan fingerprint density at radius 3 is 2.37 bits per heavy atom. The van der Waals surface area contributed by atoms with Crippen LogP contribution in [0.25, 0.3) is 17.0 Å². The molecule has 0 unspecified atom stereocenters. The summed E-state index contributed by atoms with van der Waals surface area (Å²) >= 11 is 0. The Kier molecular flexibility index (Phi) is 4.86. The number of phenolic OH excluding ortho intramolecular Hbond substituents is 1. The summed E-state index contributed by atoms with van der Waals surface area (Å²) in [6.45, 7) is 5.70. The summed E-state index contributed by atoms with van der Waals surface area (Å²) in [7, 11) is 0. The van der Waals surface area contributed by atoms with Gasteiger partial charge >= 0.3 is 5.63 Å². The van der Waals surface area contributed by atoms with Gasteiger partial charge in [-0.3, -0.25) is 4.79 Å². The van der Waals surface area contributed by atoms with Crippen molar-refractivity contribution in [1.82, 2.24) is 0 Å². The van der Waals surface area contributed by atoms with Crippen LogP contribution in [0, 0.1) is 6.92 Å². The minimum Gasteiger partial charge on any atom is -0.508 e. The summed E-state index contributed by atoms with van der Waals surface area (Å²) < 4.78 is 5.43. The van der Waals surface area contributed by atoms with Gasteiger partial charge in [0.1, 0.15) is 22.6 Å².